The normalized spacial score (nSPS) is 11.9. The van der Waals surface area contributed by atoms with Crippen molar-refractivity contribution in [3.8, 4) is 68.6 Å². The Morgan fingerprint density at radius 2 is 0.870 bits per heavy atom. The van der Waals surface area contributed by atoms with Crippen LogP contribution in [0.4, 0.5) is 0 Å². The van der Waals surface area contributed by atoms with Crippen molar-refractivity contribution in [2.45, 2.75) is 20.4 Å². The summed E-state index contributed by atoms with van der Waals surface area (Å²) >= 11 is 0. The third-order valence-corrected chi connectivity index (χ3v) is 13.3. The molecule has 13 rings (SSSR count). The van der Waals surface area contributed by atoms with Gasteiger partial charge in [-0.05, 0) is 122 Å². The summed E-state index contributed by atoms with van der Waals surface area (Å²) in [4.78, 5) is 0. The van der Waals surface area contributed by atoms with Crippen molar-refractivity contribution in [3.63, 3.8) is 0 Å². The number of pyridine rings is 1. The number of nitrogens with zero attached hydrogens (tertiary/aromatic N) is 3. The molecule has 0 aliphatic carbocycles. The smallest absolute Gasteiger partial charge is 0.217 e. The van der Waals surface area contributed by atoms with E-state index in [9.17, 15) is 0 Å². The molecule has 0 saturated carbocycles. The maximum absolute atomic E-state index is 6.98. The highest BCUT2D eigenvalue weighted by atomic mass is 16.5. The molecule has 1 aliphatic rings. The van der Waals surface area contributed by atoms with Gasteiger partial charge in [0.05, 0.1) is 27.6 Å². The van der Waals surface area contributed by atoms with Crippen LogP contribution in [0.5, 0.6) is 46.0 Å². The predicted molar refractivity (Wildman–Crippen MR) is 275 cm³/mol. The van der Waals surface area contributed by atoms with Crippen LogP contribution in [0.25, 0.3) is 66.2 Å². The Balaban J connectivity index is 0.850. The van der Waals surface area contributed by atoms with E-state index in [-0.39, 0.29) is 0 Å². The van der Waals surface area contributed by atoms with E-state index >= 15 is 0 Å². The fourth-order valence-corrected chi connectivity index (χ4v) is 10.1. The number of ether oxygens (including phenoxy) is 4. The van der Waals surface area contributed by atoms with Gasteiger partial charge < -0.3 is 28.1 Å². The molecule has 0 saturated heterocycles. The Hall–Kier alpha value is -9.07. The van der Waals surface area contributed by atoms with Crippen molar-refractivity contribution in [2.75, 3.05) is 0 Å². The Morgan fingerprint density at radius 3 is 1.45 bits per heavy atom. The van der Waals surface area contributed by atoms with Crippen LogP contribution in [0, 0.1) is 13.8 Å². The zero-order valence-corrected chi connectivity index (χ0v) is 38.0. The first-order chi connectivity index (χ1) is 34.0. The van der Waals surface area contributed by atoms with E-state index in [0.717, 1.165) is 68.1 Å². The minimum absolute atomic E-state index is 0.517. The zero-order valence-electron chi connectivity index (χ0n) is 38.0. The van der Waals surface area contributed by atoms with Gasteiger partial charge in [0.2, 0.25) is 5.69 Å². The molecule has 0 atom stereocenters. The molecule has 69 heavy (non-hydrogen) atoms. The van der Waals surface area contributed by atoms with Crippen molar-refractivity contribution >= 4 is 43.6 Å². The van der Waals surface area contributed by atoms with E-state index in [4.69, 9.17) is 18.9 Å². The van der Waals surface area contributed by atoms with Crippen LogP contribution in [0.15, 0.2) is 219 Å². The molecule has 7 heteroatoms. The van der Waals surface area contributed by atoms with E-state index in [0.29, 0.717) is 40.2 Å². The molecule has 12 aromatic rings. The minimum Gasteiger partial charge on any atom is -0.453 e. The van der Waals surface area contributed by atoms with E-state index in [1.807, 2.05) is 74.5 Å². The van der Waals surface area contributed by atoms with Gasteiger partial charge in [0, 0.05) is 56.7 Å². The maximum Gasteiger partial charge on any atom is 0.217 e. The Kier molecular flexibility index (Phi) is 9.54. The van der Waals surface area contributed by atoms with Crippen LogP contribution in [0.1, 0.15) is 16.7 Å². The lowest BCUT2D eigenvalue weighted by Crippen LogP contribution is -2.31. The lowest BCUT2D eigenvalue weighted by molar-refractivity contribution is -0.672. The van der Waals surface area contributed by atoms with E-state index in [1.165, 1.54) is 27.1 Å². The highest BCUT2D eigenvalue weighted by Gasteiger charge is 2.30. The average Bonchev–Trinajstić information content (AvgIpc) is 4.05. The molecule has 0 spiro atoms. The molecule has 3 aromatic heterocycles. The molecule has 0 bridgehead atoms. The van der Waals surface area contributed by atoms with Crippen LogP contribution in [0.3, 0.4) is 0 Å². The number of aryl methyl sites for hydroxylation is 2. The number of benzene rings is 9. The van der Waals surface area contributed by atoms with E-state index in [1.54, 1.807) is 0 Å². The topological polar surface area (TPSA) is 50.7 Å². The van der Waals surface area contributed by atoms with Crippen molar-refractivity contribution in [1.82, 2.24) is 9.13 Å². The molecule has 0 unspecified atom stereocenters. The molecule has 0 fully saturated rings. The van der Waals surface area contributed by atoms with Crippen LogP contribution >= 0.6 is 0 Å². The van der Waals surface area contributed by atoms with Gasteiger partial charge in [0.15, 0.2) is 35.7 Å². The molecule has 7 nitrogen and oxygen atoms in total. The second kappa shape index (κ2) is 16.4. The standard InChI is InChI=1S/C62H44N3O4/c1-40-15-13-27-58(66-45-32-28-43(29-33-45)64-52-21-7-3-17-48(52)49-18-4-8-22-53(49)64)61(40)68-47-37-41(2)62(69-57-26-14-16-42-39-63-36-12-11-25-56(63)60(42)57)59(38-47)67-46-34-30-44(31-35-46)65-54-23-9-5-19-50(54)51-20-6-10-24-55(51)65/h3-38H,39H2,1-2H3/q+1. The summed E-state index contributed by atoms with van der Waals surface area (Å²) in [5, 5.41) is 4.87. The van der Waals surface area contributed by atoms with Crippen molar-refractivity contribution in [3.05, 3.63) is 235 Å². The third kappa shape index (κ3) is 6.94. The number of aromatic nitrogens is 3. The van der Waals surface area contributed by atoms with Crippen LogP contribution < -0.4 is 23.5 Å². The Labute approximate surface area is 398 Å². The molecular formula is C62H44N3O4+. The summed E-state index contributed by atoms with van der Waals surface area (Å²) in [6, 6.07) is 73.0. The first-order valence-corrected chi connectivity index (χ1v) is 23.3. The Morgan fingerprint density at radius 1 is 0.377 bits per heavy atom. The van der Waals surface area contributed by atoms with Gasteiger partial charge in [-0.25, -0.2) is 0 Å². The van der Waals surface area contributed by atoms with Gasteiger partial charge in [-0.1, -0.05) is 97.1 Å². The zero-order chi connectivity index (χ0) is 46.0. The second-order valence-electron chi connectivity index (χ2n) is 17.6. The molecule has 9 aromatic carbocycles. The quantitative estimate of drug-likeness (QED) is 0.128. The second-order valence-corrected chi connectivity index (χ2v) is 17.6. The molecular weight excluding hydrogens is 851 g/mol. The molecule has 1 aliphatic heterocycles. The first-order valence-electron chi connectivity index (χ1n) is 23.3. The molecule has 0 radical (unpaired) electrons. The van der Waals surface area contributed by atoms with Gasteiger partial charge in [-0.15, -0.1) is 0 Å². The fraction of sp³-hybridized carbons (Fsp3) is 0.0484. The van der Waals surface area contributed by atoms with Crippen LogP contribution in [-0.4, -0.2) is 9.13 Å². The highest BCUT2D eigenvalue weighted by molar-refractivity contribution is 6.10. The van der Waals surface area contributed by atoms with E-state index < -0.39 is 0 Å². The van der Waals surface area contributed by atoms with Crippen molar-refractivity contribution in [2.24, 2.45) is 0 Å². The van der Waals surface area contributed by atoms with Crippen LogP contribution in [-0.2, 0) is 6.54 Å². The SMILES string of the molecule is Cc1cccc(Oc2ccc(-n3c4ccccc4c4ccccc43)cc2)c1Oc1cc(C)c(Oc2cccc3c2-c2cccc[n+]2C3)c(Oc2ccc(-n3c4ccccc4c4ccccc43)cc2)c1. The van der Waals surface area contributed by atoms with Crippen LogP contribution in [0.2, 0.25) is 0 Å². The minimum atomic E-state index is 0.517. The van der Waals surface area contributed by atoms with Gasteiger partial charge in [0.25, 0.3) is 0 Å². The summed E-state index contributed by atoms with van der Waals surface area (Å²) < 4.78 is 34.2. The summed E-state index contributed by atoms with van der Waals surface area (Å²) in [7, 11) is 0. The summed E-state index contributed by atoms with van der Waals surface area (Å²) in [6.45, 7) is 4.84. The molecule has 330 valence electrons. The van der Waals surface area contributed by atoms with Gasteiger partial charge in [0.1, 0.15) is 23.0 Å². The lowest BCUT2D eigenvalue weighted by atomic mass is 10.1. The predicted octanol–water partition coefficient (Wildman–Crippen LogP) is 16.0. The number of fused-ring (bicyclic) bond motifs is 9. The average molecular weight is 895 g/mol. The van der Waals surface area contributed by atoms with Gasteiger partial charge in [-0.3, -0.25) is 0 Å². The molecule has 4 heterocycles. The van der Waals surface area contributed by atoms with Gasteiger partial charge in [-0.2, -0.15) is 4.57 Å². The third-order valence-electron chi connectivity index (χ3n) is 13.3. The largest absolute Gasteiger partial charge is 0.453 e. The molecule has 0 N–H and O–H groups in total. The van der Waals surface area contributed by atoms with E-state index in [2.05, 4.69) is 172 Å². The summed E-state index contributed by atoms with van der Waals surface area (Å²) in [6.07, 6.45) is 2.11. The number of rotatable bonds is 10. The highest BCUT2D eigenvalue weighted by Crippen LogP contribution is 2.47. The van der Waals surface area contributed by atoms with Crippen molar-refractivity contribution in [1.29, 1.82) is 0 Å². The summed E-state index contributed by atoms with van der Waals surface area (Å²) in [5.74, 6) is 5.00. The monoisotopic (exact) mass is 894 g/mol. The van der Waals surface area contributed by atoms with Gasteiger partial charge >= 0.3 is 0 Å². The number of hydrogen-bond donors (Lipinski definition) is 0. The first kappa shape index (κ1) is 40.2. The maximum atomic E-state index is 6.98. The summed E-state index contributed by atoms with van der Waals surface area (Å²) in [5.41, 5.74) is 11.8. The number of para-hydroxylation sites is 5. The Bertz CT molecular complexity index is 3850. The van der Waals surface area contributed by atoms with Crippen molar-refractivity contribution < 1.29 is 23.5 Å². The molecule has 0 amide bonds. The lowest BCUT2D eigenvalue weighted by Gasteiger charge is -2.19. The number of hydrogen-bond acceptors (Lipinski definition) is 4. The fourth-order valence-electron chi connectivity index (χ4n) is 10.1.